The van der Waals surface area contributed by atoms with Gasteiger partial charge >= 0.3 is 0 Å². The molecule has 0 spiro atoms. The molecule has 0 unspecified atom stereocenters. The SMILES string of the molecule is CC1(C)c2cc3c(cc2-c2cc4c(cc21)-c1c(cc(-c2ccc5ccccc5c2)c2ccccc12)C4(C)C)Cc1cc(-c2ccc4ccccc4c2)c2ccccc2c1-3. The van der Waals surface area contributed by atoms with Gasteiger partial charge in [0.15, 0.2) is 0 Å². The van der Waals surface area contributed by atoms with Gasteiger partial charge in [0.2, 0.25) is 0 Å². The molecular weight excluding hydrogens is 709 g/mol. The fraction of sp³-hybridized carbons (Fsp3) is 0.119. The summed E-state index contributed by atoms with van der Waals surface area (Å²) in [6, 6.07) is 64.8. The number of hydrogen-bond acceptors (Lipinski definition) is 0. The Morgan fingerprint density at radius 1 is 0.305 bits per heavy atom. The summed E-state index contributed by atoms with van der Waals surface area (Å²) in [4.78, 5) is 0. The molecule has 3 aliphatic rings. The molecule has 278 valence electrons. The van der Waals surface area contributed by atoms with Crippen LogP contribution >= 0.6 is 0 Å². The quantitative estimate of drug-likeness (QED) is 0.165. The molecule has 0 nitrogen and oxygen atoms in total. The molecule has 10 aromatic rings. The number of benzene rings is 10. The predicted octanol–water partition coefficient (Wildman–Crippen LogP) is 15.8. The molecular formula is C59H42. The second-order valence-corrected chi connectivity index (χ2v) is 18.4. The van der Waals surface area contributed by atoms with E-state index in [0.29, 0.717) is 0 Å². The highest BCUT2D eigenvalue weighted by atomic mass is 14.5. The lowest BCUT2D eigenvalue weighted by molar-refractivity contribution is 0.652. The van der Waals surface area contributed by atoms with E-state index in [1.165, 1.54) is 132 Å². The Balaban J connectivity index is 0.968. The van der Waals surface area contributed by atoms with Crippen LogP contribution in [0, 0.1) is 0 Å². The highest BCUT2D eigenvalue weighted by Crippen LogP contribution is 2.59. The largest absolute Gasteiger partial charge is 0.0616 e. The van der Waals surface area contributed by atoms with Gasteiger partial charge < -0.3 is 0 Å². The molecule has 0 saturated carbocycles. The first-order valence-electron chi connectivity index (χ1n) is 21.2. The van der Waals surface area contributed by atoms with E-state index in [0.717, 1.165) is 6.42 Å². The van der Waals surface area contributed by atoms with Gasteiger partial charge in [-0.3, -0.25) is 0 Å². The van der Waals surface area contributed by atoms with Gasteiger partial charge in [-0.25, -0.2) is 0 Å². The third-order valence-corrected chi connectivity index (χ3v) is 14.6. The first-order chi connectivity index (χ1) is 28.7. The molecule has 0 aromatic heterocycles. The van der Waals surface area contributed by atoms with E-state index in [1.54, 1.807) is 0 Å². The first kappa shape index (κ1) is 33.2. The second-order valence-electron chi connectivity index (χ2n) is 18.4. The lowest BCUT2D eigenvalue weighted by Gasteiger charge is -2.24. The summed E-state index contributed by atoms with van der Waals surface area (Å²) in [7, 11) is 0. The van der Waals surface area contributed by atoms with Crippen molar-refractivity contribution in [1.82, 2.24) is 0 Å². The summed E-state index contributed by atoms with van der Waals surface area (Å²) < 4.78 is 0. The average molecular weight is 751 g/mol. The molecule has 0 amide bonds. The van der Waals surface area contributed by atoms with Gasteiger partial charge in [0, 0.05) is 10.8 Å². The molecule has 0 aliphatic heterocycles. The Morgan fingerprint density at radius 3 is 1.36 bits per heavy atom. The van der Waals surface area contributed by atoms with Gasteiger partial charge in [0.1, 0.15) is 0 Å². The summed E-state index contributed by atoms with van der Waals surface area (Å²) in [5, 5.41) is 10.5. The summed E-state index contributed by atoms with van der Waals surface area (Å²) in [5.41, 5.74) is 22.0. The van der Waals surface area contributed by atoms with Gasteiger partial charge in [-0.1, -0.05) is 149 Å². The van der Waals surface area contributed by atoms with Crippen LogP contribution in [0.3, 0.4) is 0 Å². The monoisotopic (exact) mass is 750 g/mol. The van der Waals surface area contributed by atoms with E-state index < -0.39 is 0 Å². The molecule has 0 radical (unpaired) electrons. The van der Waals surface area contributed by atoms with Crippen LogP contribution in [-0.2, 0) is 17.3 Å². The van der Waals surface area contributed by atoms with Crippen LogP contribution in [0.25, 0.3) is 98.7 Å². The molecule has 10 aromatic carbocycles. The minimum atomic E-state index is -0.159. The number of hydrogen-bond donors (Lipinski definition) is 0. The van der Waals surface area contributed by atoms with Crippen molar-refractivity contribution in [3.8, 4) is 55.6 Å². The van der Waals surface area contributed by atoms with E-state index in [2.05, 4.69) is 198 Å². The molecule has 0 saturated heterocycles. The molecule has 0 bridgehead atoms. The number of rotatable bonds is 2. The van der Waals surface area contributed by atoms with E-state index in [-0.39, 0.29) is 10.8 Å². The van der Waals surface area contributed by atoms with E-state index >= 15 is 0 Å². The Kier molecular flexibility index (Phi) is 6.45. The van der Waals surface area contributed by atoms with Crippen molar-refractivity contribution >= 4 is 43.1 Å². The number of fused-ring (bicyclic) bond motifs is 15. The fourth-order valence-electron chi connectivity index (χ4n) is 11.6. The second kappa shape index (κ2) is 11.5. The van der Waals surface area contributed by atoms with Gasteiger partial charge in [-0.05, 0) is 187 Å². The first-order valence-corrected chi connectivity index (χ1v) is 21.2. The van der Waals surface area contributed by atoms with Crippen molar-refractivity contribution < 1.29 is 0 Å². The van der Waals surface area contributed by atoms with Crippen molar-refractivity contribution in [2.24, 2.45) is 0 Å². The highest BCUT2D eigenvalue weighted by Gasteiger charge is 2.43. The van der Waals surface area contributed by atoms with E-state index in [1.807, 2.05) is 0 Å². The maximum absolute atomic E-state index is 2.59. The van der Waals surface area contributed by atoms with Gasteiger partial charge in [0.05, 0.1) is 0 Å². The smallest absolute Gasteiger partial charge is 0.0159 e. The Bertz CT molecular complexity index is 3520. The zero-order valence-electron chi connectivity index (χ0n) is 33.9. The van der Waals surface area contributed by atoms with Crippen molar-refractivity contribution in [1.29, 1.82) is 0 Å². The lowest BCUT2D eigenvalue weighted by atomic mass is 9.78. The topological polar surface area (TPSA) is 0 Å². The van der Waals surface area contributed by atoms with Crippen molar-refractivity contribution in [2.75, 3.05) is 0 Å². The molecule has 0 heterocycles. The van der Waals surface area contributed by atoms with Crippen LogP contribution in [0.1, 0.15) is 61.1 Å². The Labute approximate surface area is 345 Å². The molecule has 3 aliphatic carbocycles. The summed E-state index contributed by atoms with van der Waals surface area (Å²) in [5.74, 6) is 0. The van der Waals surface area contributed by atoms with Crippen molar-refractivity contribution in [3.05, 3.63) is 203 Å². The van der Waals surface area contributed by atoms with Gasteiger partial charge in [0.25, 0.3) is 0 Å². The zero-order chi connectivity index (χ0) is 39.4. The standard InChI is InChI=1S/C59H42/c1-58(2)52-31-48-40(27-41-29-46(42-17-9-11-19-44(42)56(41)48)38-23-21-34-13-5-7-15-36(34)25-38)28-49(52)50-32-54-51(33-53(50)58)57-45-20-12-10-18-43(45)47(30-55(57)59(54,3)4)39-24-22-35-14-6-8-16-37(35)26-39/h5-26,28-33H,27H2,1-4H3. The van der Waals surface area contributed by atoms with Crippen molar-refractivity contribution in [3.63, 3.8) is 0 Å². The van der Waals surface area contributed by atoms with Gasteiger partial charge in [-0.2, -0.15) is 0 Å². The highest BCUT2D eigenvalue weighted by molar-refractivity contribution is 6.12. The maximum Gasteiger partial charge on any atom is 0.0159 e. The van der Waals surface area contributed by atoms with Crippen LogP contribution in [0.5, 0.6) is 0 Å². The summed E-state index contributed by atoms with van der Waals surface area (Å²) in [6.45, 7) is 9.80. The molecule has 0 heteroatoms. The normalized spacial score (nSPS) is 15.0. The zero-order valence-corrected chi connectivity index (χ0v) is 33.9. The lowest BCUT2D eigenvalue weighted by Crippen LogP contribution is -2.17. The maximum atomic E-state index is 2.59. The van der Waals surface area contributed by atoms with E-state index in [4.69, 9.17) is 0 Å². The Morgan fingerprint density at radius 2 is 0.729 bits per heavy atom. The average Bonchev–Trinajstić information content (AvgIpc) is 3.82. The molecule has 0 atom stereocenters. The van der Waals surface area contributed by atoms with Crippen LogP contribution in [0.15, 0.2) is 170 Å². The van der Waals surface area contributed by atoms with E-state index in [9.17, 15) is 0 Å². The van der Waals surface area contributed by atoms with Crippen LogP contribution < -0.4 is 0 Å². The van der Waals surface area contributed by atoms with Crippen LogP contribution in [-0.4, -0.2) is 0 Å². The molecule has 0 N–H and O–H groups in total. The summed E-state index contributed by atoms with van der Waals surface area (Å²) in [6.07, 6.45) is 0.949. The fourth-order valence-corrected chi connectivity index (χ4v) is 11.6. The van der Waals surface area contributed by atoms with Crippen LogP contribution in [0.4, 0.5) is 0 Å². The minimum Gasteiger partial charge on any atom is -0.0616 e. The Hall–Kier alpha value is -6.76. The third-order valence-electron chi connectivity index (χ3n) is 14.6. The molecule has 13 rings (SSSR count). The van der Waals surface area contributed by atoms with Gasteiger partial charge in [-0.15, -0.1) is 0 Å². The molecule has 59 heavy (non-hydrogen) atoms. The molecule has 0 fully saturated rings. The predicted molar refractivity (Wildman–Crippen MR) is 251 cm³/mol. The minimum absolute atomic E-state index is 0.147. The third kappa shape index (κ3) is 4.44. The summed E-state index contributed by atoms with van der Waals surface area (Å²) >= 11 is 0. The van der Waals surface area contributed by atoms with Crippen molar-refractivity contribution in [2.45, 2.75) is 44.9 Å². The van der Waals surface area contributed by atoms with Crippen LogP contribution in [0.2, 0.25) is 0 Å².